The van der Waals surface area contributed by atoms with Gasteiger partial charge in [-0.1, -0.05) is 23.7 Å². The van der Waals surface area contributed by atoms with Gasteiger partial charge in [0, 0.05) is 18.1 Å². The summed E-state index contributed by atoms with van der Waals surface area (Å²) in [5.41, 5.74) is 0. The fourth-order valence-corrected chi connectivity index (χ4v) is 5.87. The number of nitrogens with one attached hydrogen (secondary N) is 1. The molecular weight excluding hydrogens is 454 g/mol. The molecule has 2 aromatic rings. The number of benzene rings is 2. The van der Waals surface area contributed by atoms with Crippen molar-refractivity contribution in [1.29, 1.82) is 0 Å². The molecule has 2 N–H and O–H groups in total. The zero-order valence-electron chi connectivity index (χ0n) is 17.5. The van der Waals surface area contributed by atoms with Crippen molar-refractivity contribution in [2.75, 3.05) is 26.2 Å². The van der Waals surface area contributed by atoms with Crippen molar-refractivity contribution < 1.29 is 23.1 Å². The minimum Gasteiger partial charge on any atom is -0.394 e. The molecule has 4 rings (SSSR count). The van der Waals surface area contributed by atoms with Crippen LogP contribution < -0.4 is 4.72 Å². The zero-order valence-corrected chi connectivity index (χ0v) is 19.1. The second kappa shape index (κ2) is 9.35. The first-order chi connectivity index (χ1) is 15.3. The second-order valence-electron chi connectivity index (χ2n) is 8.29. The number of aliphatic hydroxyl groups excluding tert-OH is 1. The Labute approximate surface area is 192 Å². The predicted octanol–water partition coefficient (Wildman–Crippen LogP) is 1.75. The van der Waals surface area contributed by atoms with Gasteiger partial charge in [0.25, 0.3) is 0 Å². The summed E-state index contributed by atoms with van der Waals surface area (Å²) in [4.78, 5) is 28.7. The molecule has 2 atom stereocenters. The van der Waals surface area contributed by atoms with E-state index >= 15 is 0 Å². The number of carbonyl (C=O) groups excluding carboxylic acids is 2. The number of halogens is 1. The molecule has 2 aliphatic rings. The molecule has 0 bridgehead atoms. The van der Waals surface area contributed by atoms with Gasteiger partial charge in [-0.05, 0) is 60.7 Å². The number of hydrogen-bond acceptors (Lipinski definition) is 5. The standard InChI is InChI=1S/C22H26ClN3O5S/c23-17-7-5-16-12-19(8-6-15(16)11-17)32(30,31)24-20-4-2-9-25(22(20)29)13-21(28)26-10-1-3-18(26)14-27/h5-8,11-12,18,20,24,27H,1-4,9-10,13-14H2/t18-,20-/m0/s1. The Morgan fingerprint density at radius 3 is 2.59 bits per heavy atom. The van der Waals surface area contributed by atoms with Gasteiger partial charge >= 0.3 is 0 Å². The molecule has 2 fully saturated rings. The Morgan fingerprint density at radius 2 is 1.81 bits per heavy atom. The number of amides is 2. The van der Waals surface area contributed by atoms with Crippen LogP contribution in [0.1, 0.15) is 25.7 Å². The number of nitrogens with zero attached hydrogens (tertiary/aromatic N) is 2. The average Bonchev–Trinajstić information content (AvgIpc) is 3.25. The summed E-state index contributed by atoms with van der Waals surface area (Å²) in [6.07, 6.45) is 2.53. The largest absolute Gasteiger partial charge is 0.394 e. The molecule has 2 aliphatic heterocycles. The average molecular weight is 480 g/mol. The Balaban J connectivity index is 1.46. The number of hydrogen-bond donors (Lipinski definition) is 2. The maximum atomic E-state index is 13.0. The number of aliphatic hydroxyl groups is 1. The number of likely N-dealkylation sites (tertiary alicyclic amines) is 2. The lowest BCUT2D eigenvalue weighted by Gasteiger charge is -2.34. The van der Waals surface area contributed by atoms with Crippen LogP contribution in [-0.2, 0) is 19.6 Å². The summed E-state index contributed by atoms with van der Waals surface area (Å²) in [6, 6.07) is 8.76. The van der Waals surface area contributed by atoms with Crippen LogP contribution in [0.3, 0.4) is 0 Å². The van der Waals surface area contributed by atoms with Crippen molar-refractivity contribution in [3.63, 3.8) is 0 Å². The first-order valence-corrected chi connectivity index (χ1v) is 12.6. The van der Waals surface area contributed by atoms with Gasteiger partial charge in [0.1, 0.15) is 6.04 Å². The minimum atomic E-state index is -3.93. The van der Waals surface area contributed by atoms with Crippen LogP contribution in [0.25, 0.3) is 10.8 Å². The normalized spacial score (nSPS) is 22.0. The van der Waals surface area contributed by atoms with Crippen molar-refractivity contribution in [1.82, 2.24) is 14.5 Å². The van der Waals surface area contributed by atoms with Crippen LogP contribution >= 0.6 is 11.6 Å². The molecule has 8 nitrogen and oxygen atoms in total. The third-order valence-electron chi connectivity index (χ3n) is 6.15. The molecule has 172 valence electrons. The highest BCUT2D eigenvalue weighted by atomic mass is 35.5. The summed E-state index contributed by atoms with van der Waals surface area (Å²) in [6.45, 7) is 0.761. The predicted molar refractivity (Wildman–Crippen MR) is 121 cm³/mol. The van der Waals surface area contributed by atoms with Gasteiger partial charge in [0.15, 0.2) is 0 Å². The quantitative estimate of drug-likeness (QED) is 0.656. The van der Waals surface area contributed by atoms with E-state index in [-0.39, 0.29) is 30.0 Å². The monoisotopic (exact) mass is 479 g/mol. The van der Waals surface area contributed by atoms with E-state index in [0.717, 1.165) is 23.6 Å². The number of sulfonamides is 1. The zero-order chi connectivity index (χ0) is 22.9. The van der Waals surface area contributed by atoms with Crippen LogP contribution in [0, 0.1) is 0 Å². The summed E-state index contributed by atoms with van der Waals surface area (Å²) >= 11 is 5.99. The Morgan fingerprint density at radius 1 is 1.09 bits per heavy atom. The van der Waals surface area contributed by atoms with Crippen molar-refractivity contribution in [3.8, 4) is 0 Å². The lowest BCUT2D eigenvalue weighted by Crippen LogP contribution is -2.55. The summed E-state index contributed by atoms with van der Waals surface area (Å²) < 4.78 is 28.5. The van der Waals surface area contributed by atoms with E-state index in [2.05, 4.69) is 4.72 Å². The smallest absolute Gasteiger partial charge is 0.242 e. The SMILES string of the molecule is O=C1[C@@H](NS(=O)(=O)c2ccc3cc(Cl)ccc3c2)CCCN1CC(=O)N1CCC[C@H]1CO. The molecule has 0 spiro atoms. The number of rotatable bonds is 6. The molecule has 10 heteroatoms. The molecule has 0 unspecified atom stereocenters. The summed E-state index contributed by atoms with van der Waals surface area (Å²) in [5.74, 6) is -0.618. The second-order valence-corrected chi connectivity index (χ2v) is 10.4. The number of carbonyl (C=O) groups is 2. The highest BCUT2D eigenvalue weighted by molar-refractivity contribution is 7.89. The highest BCUT2D eigenvalue weighted by Crippen LogP contribution is 2.24. The van der Waals surface area contributed by atoms with Crippen molar-refractivity contribution in [2.45, 2.75) is 42.7 Å². The van der Waals surface area contributed by atoms with Crippen LogP contribution in [0.2, 0.25) is 5.02 Å². The van der Waals surface area contributed by atoms with E-state index in [9.17, 15) is 23.1 Å². The first-order valence-electron chi connectivity index (χ1n) is 10.7. The number of piperidine rings is 1. The molecule has 0 radical (unpaired) electrons. The van der Waals surface area contributed by atoms with Crippen molar-refractivity contribution >= 4 is 44.2 Å². The van der Waals surface area contributed by atoms with Gasteiger partial charge in [-0.25, -0.2) is 8.42 Å². The van der Waals surface area contributed by atoms with E-state index in [1.165, 1.54) is 11.0 Å². The van der Waals surface area contributed by atoms with Gasteiger partial charge in [-0.15, -0.1) is 0 Å². The maximum absolute atomic E-state index is 13.0. The lowest BCUT2D eigenvalue weighted by atomic mass is 10.1. The molecule has 2 saturated heterocycles. The first kappa shape index (κ1) is 23.0. The van der Waals surface area contributed by atoms with Crippen LogP contribution in [-0.4, -0.2) is 73.5 Å². The Hall–Kier alpha value is -2.20. The van der Waals surface area contributed by atoms with Crippen LogP contribution in [0.4, 0.5) is 0 Å². The van der Waals surface area contributed by atoms with Gasteiger partial charge in [-0.3, -0.25) is 9.59 Å². The molecule has 0 saturated carbocycles. The van der Waals surface area contributed by atoms with Gasteiger partial charge in [0.2, 0.25) is 21.8 Å². The van der Waals surface area contributed by atoms with E-state index in [1.807, 2.05) is 0 Å². The van der Waals surface area contributed by atoms with Crippen LogP contribution in [0.5, 0.6) is 0 Å². The fourth-order valence-electron chi connectivity index (χ4n) is 4.43. The van der Waals surface area contributed by atoms with Gasteiger partial charge in [-0.2, -0.15) is 4.72 Å². The minimum absolute atomic E-state index is 0.0659. The molecular formula is C22H26ClN3O5S. The molecule has 0 aliphatic carbocycles. The van der Waals surface area contributed by atoms with E-state index in [0.29, 0.717) is 31.0 Å². The van der Waals surface area contributed by atoms with Crippen molar-refractivity contribution in [3.05, 3.63) is 41.4 Å². The topological polar surface area (TPSA) is 107 Å². The Bertz CT molecular complexity index is 1140. The molecule has 0 aromatic heterocycles. The van der Waals surface area contributed by atoms with E-state index in [4.69, 9.17) is 11.6 Å². The molecule has 32 heavy (non-hydrogen) atoms. The Kier molecular flexibility index (Phi) is 6.71. The third kappa shape index (κ3) is 4.76. The van der Waals surface area contributed by atoms with E-state index in [1.54, 1.807) is 35.2 Å². The molecule has 2 heterocycles. The highest BCUT2D eigenvalue weighted by Gasteiger charge is 2.35. The van der Waals surface area contributed by atoms with Crippen molar-refractivity contribution in [2.24, 2.45) is 0 Å². The van der Waals surface area contributed by atoms with Crippen LogP contribution in [0.15, 0.2) is 41.3 Å². The molecule has 2 aromatic carbocycles. The summed E-state index contributed by atoms with van der Waals surface area (Å²) in [7, 11) is -3.93. The molecule has 2 amide bonds. The third-order valence-corrected chi connectivity index (χ3v) is 7.85. The van der Waals surface area contributed by atoms with Gasteiger partial charge in [0.05, 0.1) is 24.1 Å². The maximum Gasteiger partial charge on any atom is 0.242 e. The lowest BCUT2D eigenvalue weighted by molar-refractivity contribution is -0.143. The summed E-state index contributed by atoms with van der Waals surface area (Å²) in [5, 5.41) is 11.5. The van der Waals surface area contributed by atoms with E-state index < -0.39 is 22.0 Å². The number of fused-ring (bicyclic) bond motifs is 1. The fraction of sp³-hybridized carbons (Fsp3) is 0.455. The van der Waals surface area contributed by atoms with Gasteiger partial charge < -0.3 is 14.9 Å².